The van der Waals surface area contributed by atoms with Gasteiger partial charge in [-0.25, -0.2) is 8.42 Å². The number of carbonyl (C=O) groups is 1. The lowest BCUT2D eigenvalue weighted by atomic mass is 10.2. The Bertz CT molecular complexity index is 880. The zero-order valence-electron chi connectivity index (χ0n) is 14.8. The highest BCUT2D eigenvalue weighted by Crippen LogP contribution is 2.20. The summed E-state index contributed by atoms with van der Waals surface area (Å²) in [6.07, 6.45) is 0.475. The maximum absolute atomic E-state index is 12.7. The molecular formula is C18H22N4O3S. The van der Waals surface area contributed by atoms with E-state index in [-0.39, 0.29) is 29.1 Å². The van der Waals surface area contributed by atoms with Crippen molar-refractivity contribution in [1.29, 1.82) is 0 Å². The minimum atomic E-state index is -3.05. The van der Waals surface area contributed by atoms with Crippen LogP contribution in [0.25, 0.3) is 0 Å². The highest BCUT2D eigenvalue weighted by atomic mass is 32.2. The monoisotopic (exact) mass is 374 g/mol. The van der Waals surface area contributed by atoms with E-state index < -0.39 is 9.84 Å². The first-order chi connectivity index (χ1) is 12.4. The molecule has 1 aliphatic heterocycles. The van der Waals surface area contributed by atoms with Gasteiger partial charge in [0.05, 0.1) is 11.5 Å². The van der Waals surface area contributed by atoms with Crippen molar-refractivity contribution >= 4 is 27.2 Å². The van der Waals surface area contributed by atoms with Gasteiger partial charge in [-0.2, -0.15) is 0 Å². The number of nitrogens with zero attached hydrogens (tertiary/aromatic N) is 3. The number of aryl methyl sites for hydroxylation is 1. The van der Waals surface area contributed by atoms with E-state index in [0.717, 1.165) is 11.3 Å². The lowest BCUT2D eigenvalue weighted by molar-refractivity contribution is 0.0701. The van der Waals surface area contributed by atoms with Gasteiger partial charge < -0.3 is 10.2 Å². The van der Waals surface area contributed by atoms with Gasteiger partial charge >= 0.3 is 0 Å². The molecule has 1 saturated heterocycles. The number of benzene rings is 1. The van der Waals surface area contributed by atoms with Crippen LogP contribution < -0.4 is 5.32 Å². The van der Waals surface area contributed by atoms with E-state index >= 15 is 0 Å². The lowest BCUT2D eigenvalue weighted by Gasteiger charge is -2.26. The molecule has 0 aliphatic carbocycles. The van der Waals surface area contributed by atoms with Gasteiger partial charge in [0.2, 0.25) is 0 Å². The Morgan fingerprint density at radius 3 is 2.46 bits per heavy atom. The van der Waals surface area contributed by atoms with Crippen molar-refractivity contribution in [3.8, 4) is 0 Å². The predicted octanol–water partition coefficient (Wildman–Crippen LogP) is 2.18. The fraction of sp³-hybridized carbons (Fsp3) is 0.389. The van der Waals surface area contributed by atoms with E-state index in [4.69, 9.17) is 0 Å². The van der Waals surface area contributed by atoms with Crippen LogP contribution in [-0.2, 0) is 9.84 Å². The molecule has 2 aromatic rings. The van der Waals surface area contributed by atoms with Crippen molar-refractivity contribution in [2.45, 2.75) is 26.3 Å². The maximum Gasteiger partial charge on any atom is 0.274 e. The largest absolute Gasteiger partial charge is 0.339 e. The van der Waals surface area contributed by atoms with E-state index in [0.29, 0.717) is 18.8 Å². The number of hydrogen-bond acceptors (Lipinski definition) is 6. The first-order valence-corrected chi connectivity index (χ1v) is 10.4. The number of rotatable bonds is 5. The van der Waals surface area contributed by atoms with Crippen LogP contribution in [0.15, 0.2) is 36.4 Å². The summed E-state index contributed by atoms with van der Waals surface area (Å²) in [5, 5.41) is 11.2. The van der Waals surface area contributed by atoms with Crippen molar-refractivity contribution in [3.05, 3.63) is 47.7 Å². The Kier molecular flexibility index (Phi) is 5.22. The Morgan fingerprint density at radius 2 is 1.92 bits per heavy atom. The second kappa shape index (κ2) is 7.41. The Morgan fingerprint density at radius 1 is 1.19 bits per heavy atom. The summed E-state index contributed by atoms with van der Waals surface area (Å²) < 4.78 is 23.4. The molecule has 3 rings (SSSR count). The highest BCUT2D eigenvalue weighted by Gasteiger charge is 2.34. The van der Waals surface area contributed by atoms with Crippen molar-refractivity contribution in [2.75, 3.05) is 23.4 Å². The number of aromatic nitrogens is 2. The zero-order chi connectivity index (χ0) is 18.7. The van der Waals surface area contributed by atoms with E-state index in [2.05, 4.69) is 15.5 Å². The van der Waals surface area contributed by atoms with E-state index in [1.807, 2.05) is 38.1 Å². The van der Waals surface area contributed by atoms with E-state index in [9.17, 15) is 13.2 Å². The Labute approximate surface area is 153 Å². The molecule has 1 unspecified atom stereocenters. The van der Waals surface area contributed by atoms with Crippen LogP contribution in [0, 0.1) is 6.92 Å². The van der Waals surface area contributed by atoms with Crippen molar-refractivity contribution in [2.24, 2.45) is 0 Å². The van der Waals surface area contributed by atoms with Gasteiger partial charge in [0.25, 0.3) is 5.91 Å². The van der Waals surface area contributed by atoms with Crippen molar-refractivity contribution in [3.63, 3.8) is 0 Å². The molecule has 2 heterocycles. The third kappa shape index (κ3) is 4.19. The molecule has 0 saturated carbocycles. The Hall–Kier alpha value is -2.48. The molecule has 1 amide bonds. The van der Waals surface area contributed by atoms with Crippen LogP contribution in [-0.4, -0.2) is 53.5 Å². The molecule has 8 heteroatoms. The molecule has 26 heavy (non-hydrogen) atoms. The number of carbonyl (C=O) groups excluding carboxylic acids is 1. The smallest absolute Gasteiger partial charge is 0.274 e. The van der Waals surface area contributed by atoms with Gasteiger partial charge in [-0.1, -0.05) is 17.7 Å². The molecule has 1 aromatic carbocycles. The average molecular weight is 374 g/mol. The van der Waals surface area contributed by atoms with Gasteiger partial charge in [-0.3, -0.25) is 4.79 Å². The zero-order valence-corrected chi connectivity index (χ0v) is 15.7. The van der Waals surface area contributed by atoms with Crippen LogP contribution >= 0.6 is 0 Å². The summed E-state index contributed by atoms with van der Waals surface area (Å²) in [6.45, 7) is 4.28. The van der Waals surface area contributed by atoms with Gasteiger partial charge in [-0.15, -0.1) is 10.2 Å². The summed E-state index contributed by atoms with van der Waals surface area (Å²) in [7, 11) is -3.05. The second-order valence-corrected chi connectivity index (χ2v) is 8.67. The molecule has 1 N–H and O–H groups in total. The summed E-state index contributed by atoms with van der Waals surface area (Å²) in [5.41, 5.74) is 2.26. The van der Waals surface area contributed by atoms with Crippen LogP contribution in [0.3, 0.4) is 0 Å². The average Bonchev–Trinajstić information content (AvgIpc) is 2.98. The van der Waals surface area contributed by atoms with Gasteiger partial charge in [0.1, 0.15) is 0 Å². The molecule has 1 aromatic heterocycles. The second-order valence-electron chi connectivity index (χ2n) is 6.44. The third-order valence-corrected chi connectivity index (χ3v) is 6.21. The minimum Gasteiger partial charge on any atom is -0.339 e. The molecule has 7 nitrogen and oxygen atoms in total. The molecular weight excluding hydrogens is 352 g/mol. The molecule has 1 atom stereocenters. The van der Waals surface area contributed by atoms with E-state index in [1.165, 1.54) is 0 Å². The van der Waals surface area contributed by atoms with Crippen LogP contribution in [0.1, 0.15) is 29.4 Å². The summed E-state index contributed by atoms with van der Waals surface area (Å²) in [5.74, 6) is 0.403. The van der Waals surface area contributed by atoms with Crippen LogP contribution in [0.5, 0.6) is 0 Å². The molecule has 138 valence electrons. The molecule has 0 radical (unpaired) electrons. The highest BCUT2D eigenvalue weighted by molar-refractivity contribution is 7.91. The number of anilines is 2. The summed E-state index contributed by atoms with van der Waals surface area (Å²) in [4.78, 5) is 14.3. The van der Waals surface area contributed by atoms with Crippen molar-refractivity contribution < 1.29 is 13.2 Å². The van der Waals surface area contributed by atoms with Crippen molar-refractivity contribution in [1.82, 2.24) is 15.1 Å². The van der Waals surface area contributed by atoms with Gasteiger partial charge in [0.15, 0.2) is 21.3 Å². The minimum absolute atomic E-state index is 0.0209. The fourth-order valence-corrected chi connectivity index (χ4v) is 4.76. The SMILES string of the molecule is CCN(C(=O)c1ccc(Nc2ccc(C)cc2)nn1)C1CCS(=O)(=O)C1. The topological polar surface area (TPSA) is 92.3 Å². The number of nitrogens with one attached hydrogen (secondary N) is 1. The Balaban J connectivity index is 1.70. The number of amides is 1. The standard InChI is InChI=1S/C18H22N4O3S/c1-3-22(15-10-11-26(24,25)12-15)18(23)16-8-9-17(21-20-16)19-14-6-4-13(2)5-7-14/h4-9,15H,3,10-12H2,1-2H3,(H,19,21). The molecule has 1 aliphatic rings. The van der Waals surface area contributed by atoms with Crippen LogP contribution in [0.2, 0.25) is 0 Å². The molecule has 0 spiro atoms. The quantitative estimate of drug-likeness (QED) is 0.862. The normalized spacial score (nSPS) is 18.5. The molecule has 0 bridgehead atoms. The first-order valence-electron chi connectivity index (χ1n) is 8.57. The fourth-order valence-electron chi connectivity index (χ4n) is 3.03. The number of hydrogen-bond donors (Lipinski definition) is 1. The number of sulfone groups is 1. The summed E-state index contributed by atoms with van der Waals surface area (Å²) >= 11 is 0. The first kappa shape index (κ1) is 18.3. The maximum atomic E-state index is 12.7. The summed E-state index contributed by atoms with van der Waals surface area (Å²) in [6, 6.07) is 10.9. The van der Waals surface area contributed by atoms with E-state index in [1.54, 1.807) is 17.0 Å². The predicted molar refractivity (Wildman–Crippen MR) is 100 cm³/mol. The third-order valence-electron chi connectivity index (χ3n) is 4.46. The van der Waals surface area contributed by atoms with Gasteiger partial charge in [0, 0.05) is 18.3 Å². The lowest BCUT2D eigenvalue weighted by Crippen LogP contribution is -2.41. The molecule has 1 fully saturated rings. The van der Waals surface area contributed by atoms with Gasteiger partial charge in [-0.05, 0) is 44.5 Å². The van der Waals surface area contributed by atoms with Crippen LogP contribution in [0.4, 0.5) is 11.5 Å².